The number of carbonyl (C=O) groups excluding carboxylic acids is 1. The predicted molar refractivity (Wildman–Crippen MR) is 80.5 cm³/mol. The van der Waals surface area contributed by atoms with E-state index in [9.17, 15) is 9.90 Å². The van der Waals surface area contributed by atoms with Gasteiger partial charge >= 0.3 is 0 Å². The van der Waals surface area contributed by atoms with Crippen molar-refractivity contribution >= 4 is 17.3 Å². The van der Waals surface area contributed by atoms with Crippen molar-refractivity contribution in [3.8, 4) is 0 Å². The van der Waals surface area contributed by atoms with Crippen LogP contribution in [0.2, 0.25) is 0 Å². The predicted octanol–water partition coefficient (Wildman–Crippen LogP) is 1.36. The number of hydrogen-bond donors (Lipinski definition) is 3. The summed E-state index contributed by atoms with van der Waals surface area (Å²) in [6.45, 7) is 5.62. The smallest absolute Gasteiger partial charge is 0.238 e. The lowest BCUT2D eigenvalue weighted by molar-refractivity contribution is -0.118. The van der Waals surface area contributed by atoms with Crippen molar-refractivity contribution in [1.29, 1.82) is 0 Å². The van der Waals surface area contributed by atoms with Crippen molar-refractivity contribution < 1.29 is 9.90 Å². The number of likely N-dealkylation sites (tertiary alicyclic amines) is 1. The van der Waals surface area contributed by atoms with Crippen LogP contribution in [0.25, 0.3) is 0 Å². The Bertz CT molecular complexity index is 490. The Balaban J connectivity index is 1.85. The van der Waals surface area contributed by atoms with E-state index in [1.54, 1.807) is 6.07 Å². The summed E-state index contributed by atoms with van der Waals surface area (Å²) >= 11 is 0. The largest absolute Gasteiger partial charge is 0.398 e. The van der Waals surface area contributed by atoms with Gasteiger partial charge in [-0.1, -0.05) is 6.07 Å². The Kier molecular flexibility index (Phi) is 4.30. The second-order valence-electron chi connectivity index (χ2n) is 5.89. The van der Waals surface area contributed by atoms with Crippen molar-refractivity contribution in [2.75, 3.05) is 30.7 Å². The maximum Gasteiger partial charge on any atom is 0.238 e. The fraction of sp³-hybridized carbons (Fsp3) is 0.533. The highest BCUT2D eigenvalue weighted by molar-refractivity contribution is 5.92. The van der Waals surface area contributed by atoms with E-state index in [4.69, 9.17) is 5.73 Å². The lowest BCUT2D eigenvalue weighted by atomic mass is 9.94. The van der Waals surface area contributed by atoms with E-state index in [0.29, 0.717) is 25.1 Å². The zero-order chi connectivity index (χ0) is 14.8. The number of aliphatic hydroxyl groups is 1. The molecule has 0 aromatic heterocycles. The van der Waals surface area contributed by atoms with Crippen LogP contribution < -0.4 is 11.1 Å². The van der Waals surface area contributed by atoms with Gasteiger partial charge in [-0.15, -0.1) is 0 Å². The van der Waals surface area contributed by atoms with Crippen LogP contribution >= 0.6 is 0 Å². The number of nitrogens with zero attached hydrogens (tertiary/aromatic N) is 1. The van der Waals surface area contributed by atoms with Crippen LogP contribution in [0.5, 0.6) is 0 Å². The molecule has 0 saturated carbocycles. The molecule has 1 amide bonds. The zero-order valence-corrected chi connectivity index (χ0v) is 12.1. The number of nitrogens with one attached hydrogen (secondary N) is 1. The first-order chi connectivity index (χ1) is 9.35. The molecule has 1 aromatic rings. The third-order valence-corrected chi connectivity index (χ3v) is 3.86. The van der Waals surface area contributed by atoms with Crippen LogP contribution in [0.3, 0.4) is 0 Å². The molecule has 110 valence electrons. The number of benzene rings is 1. The summed E-state index contributed by atoms with van der Waals surface area (Å²) in [5.41, 5.74) is 7.64. The Morgan fingerprint density at radius 1 is 1.45 bits per heavy atom. The summed E-state index contributed by atoms with van der Waals surface area (Å²) in [6, 6.07) is 5.52. The molecule has 1 heterocycles. The van der Waals surface area contributed by atoms with Crippen LogP contribution in [0.15, 0.2) is 18.2 Å². The molecule has 1 aromatic carbocycles. The van der Waals surface area contributed by atoms with E-state index in [1.165, 1.54) is 0 Å². The van der Waals surface area contributed by atoms with E-state index in [2.05, 4.69) is 10.2 Å². The zero-order valence-electron chi connectivity index (χ0n) is 12.1. The lowest BCUT2D eigenvalue weighted by Crippen LogP contribution is -2.45. The van der Waals surface area contributed by atoms with Gasteiger partial charge < -0.3 is 16.2 Å². The molecule has 0 bridgehead atoms. The first-order valence-corrected chi connectivity index (χ1v) is 6.96. The minimum atomic E-state index is -0.585. The summed E-state index contributed by atoms with van der Waals surface area (Å²) in [4.78, 5) is 14.0. The van der Waals surface area contributed by atoms with E-state index >= 15 is 0 Å². The molecule has 20 heavy (non-hydrogen) atoms. The van der Waals surface area contributed by atoms with E-state index in [-0.39, 0.29) is 5.91 Å². The molecule has 1 aliphatic heterocycles. The minimum absolute atomic E-state index is 0.0465. The molecule has 0 aliphatic carbocycles. The first kappa shape index (κ1) is 14.8. The van der Waals surface area contributed by atoms with Gasteiger partial charge in [0.15, 0.2) is 0 Å². The molecule has 1 saturated heterocycles. The quantitative estimate of drug-likeness (QED) is 0.729. The van der Waals surface area contributed by atoms with E-state index in [0.717, 1.165) is 24.3 Å². The number of nitrogen functional groups attached to an aromatic ring is 1. The summed E-state index contributed by atoms with van der Waals surface area (Å²) < 4.78 is 0. The molecule has 2 rings (SSSR count). The van der Waals surface area contributed by atoms with Gasteiger partial charge in [0.1, 0.15) is 0 Å². The molecule has 5 nitrogen and oxygen atoms in total. The normalized spacial score (nSPS) is 18.8. The Labute approximate surface area is 119 Å². The van der Waals surface area contributed by atoms with Gasteiger partial charge in [0.2, 0.25) is 5.91 Å². The van der Waals surface area contributed by atoms with Gasteiger partial charge in [-0.2, -0.15) is 0 Å². The van der Waals surface area contributed by atoms with Crippen LogP contribution in [0, 0.1) is 6.92 Å². The standard InChI is InChI=1S/C15H23N3O2/c1-11-3-4-12(9-13(11)16)17-14(19)10-18-7-5-15(2,20)6-8-18/h3-4,9,20H,5-8,10,16H2,1-2H3,(H,17,19). The Morgan fingerprint density at radius 2 is 2.10 bits per heavy atom. The van der Waals surface area contributed by atoms with Crippen molar-refractivity contribution in [1.82, 2.24) is 4.90 Å². The first-order valence-electron chi connectivity index (χ1n) is 6.96. The van der Waals surface area contributed by atoms with E-state index < -0.39 is 5.60 Å². The number of piperidine rings is 1. The van der Waals surface area contributed by atoms with Crippen molar-refractivity contribution in [2.45, 2.75) is 32.3 Å². The monoisotopic (exact) mass is 277 g/mol. The van der Waals surface area contributed by atoms with Crippen LogP contribution in [-0.4, -0.2) is 41.1 Å². The molecule has 0 unspecified atom stereocenters. The maximum absolute atomic E-state index is 12.0. The number of anilines is 2. The number of hydrogen-bond acceptors (Lipinski definition) is 4. The Hall–Kier alpha value is -1.59. The molecular weight excluding hydrogens is 254 g/mol. The summed E-state index contributed by atoms with van der Waals surface area (Å²) in [6.07, 6.45) is 1.41. The Morgan fingerprint density at radius 3 is 2.70 bits per heavy atom. The summed E-state index contributed by atoms with van der Waals surface area (Å²) in [5.74, 6) is -0.0465. The second kappa shape index (κ2) is 5.81. The number of aryl methyl sites for hydroxylation is 1. The van der Waals surface area contributed by atoms with Gasteiger partial charge in [0, 0.05) is 24.5 Å². The van der Waals surface area contributed by atoms with Gasteiger partial charge in [0.05, 0.1) is 12.1 Å². The highest BCUT2D eigenvalue weighted by atomic mass is 16.3. The fourth-order valence-electron chi connectivity index (χ4n) is 2.31. The molecular formula is C15H23N3O2. The van der Waals surface area contributed by atoms with Crippen LogP contribution in [0.4, 0.5) is 11.4 Å². The fourth-order valence-corrected chi connectivity index (χ4v) is 2.31. The summed E-state index contributed by atoms with van der Waals surface area (Å²) in [5, 5.41) is 12.7. The molecule has 5 heteroatoms. The third kappa shape index (κ3) is 3.95. The lowest BCUT2D eigenvalue weighted by Gasteiger charge is -2.35. The van der Waals surface area contributed by atoms with Crippen molar-refractivity contribution in [3.63, 3.8) is 0 Å². The van der Waals surface area contributed by atoms with Crippen LogP contribution in [-0.2, 0) is 4.79 Å². The molecule has 0 radical (unpaired) electrons. The molecule has 0 atom stereocenters. The van der Waals surface area contributed by atoms with Gasteiger partial charge in [-0.25, -0.2) is 0 Å². The van der Waals surface area contributed by atoms with E-state index in [1.807, 2.05) is 26.0 Å². The molecule has 0 spiro atoms. The van der Waals surface area contributed by atoms with Crippen molar-refractivity contribution in [3.05, 3.63) is 23.8 Å². The third-order valence-electron chi connectivity index (χ3n) is 3.86. The minimum Gasteiger partial charge on any atom is -0.398 e. The number of nitrogens with two attached hydrogens (primary N) is 1. The SMILES string of the molecule is Cc1ccc(NC(=O)CN2CCC(C)(O)CC2)cc1N. The molecule has 1 fully saturated rings. The number of carbonyl (C=O) groups is 1. The topological polar surface area (TPSA) is 78.6 Å². The number of amides is 1. The van der Waals surface area contributed by atoms with Gasteiger partial charge in [0.25, 0.3) is 0 Å². The highest BCUT2D eigenvalue weighted by Crippen LogP contribution is 2.21. The number of rotatable bonds is 3. The molecule has 4 N–H and O–H groups in total. The molecule has 1 aliphatic rings. The average molecular weight is 277 g/mol. The summed E-state index contributed by atoms with van der Waals surface area (Å²) in [7, 11) is 0. The highest BCUT2D eigenvalue weighted by Gasteiger charge is 2.27. The van der Waals surface area contributed by atoms with Crippen molar-refractivity contribution in [2.24, 2.45) is 0 Å². The van der Waals surface area contributed by atoms with Crippen LogP contribution in [0.1, 0.15) is 25.3 Å². The van der Waals surface area contributed by atoms with Gasteiger partial charge in [-0.05, 0) is 44.4 Å². The maximum atomic E-state index is 12.0. The average Bonchev–Trinajstić information content (AvgIpc) is 2.36. The second-order valence-corrected chi connectivity index (χ2v) is 5.89. The van der Waals surface area contributed by atoms with Gasteiger partial charge in [-0.3, -0.25) is 9.69 Å².